The van der Waals surface area contributed by atoms with Crippen molar-refractivity contribution >= 4 is 22.5 Å². The number of nitriles is 1. The van der Waals surface area contributed by atoms with E-state index in [-0.39, 0.29) is 24.6 Å². The molecule has 2 aromatic rings. The largest absolute Gasteiger partial charge is 0.361 e. The first kappa shape index (κ1) is 16.9. The van der Waals surface area contributed by atoms with Crippen LogP contribution in [0.3, 0.4) is 0 Å². The van der Waals surface area contributed by atoms with Crippen molar-refractivity contribution < 1.29 is 14.1 Å². The van der Waals surface area contributed by atoms with Crippen LogP contribution in [0.1, 0.15) is 18.9 Å². The van der Waals surface area contributed by atoms with Crippen molar-refractivity contribution in [3.8, 4) is 6.07 Å². The van der Waals surface area contributed by atoms with Gasteiger partial charge >= 0.3 is 0 Å². The van der Waals surface area contributed by atoms with Crippen LogP contribution < -0.4 is 0 Å². The Morgan fingerprint density at radius 2 is 2.36 bits per heavy atom. The summed E-state index contributed by atoms with van der Waals surface area (Å²) in [6.07, 6.45) is 0.957. The van der Waals surface area contributed by atoms with Gasteiger partial charge in [0.1, 0.15) is 12.2 Å². The molecule has 3 atom stereocenters. The number of nitrogens with one attached hydrogen (secondary N) is 1. The first-order valence-electron chi connectivity index (χ1n) is 7.99. The molecule has 2 heterocycles. The summed E-state index contributed by atoms with van der Waals surface area (Å²) in [5.74, 6) is -0.731. The summed E-state index contributed by atoms with van der Waals surface area (Å²) in [7, 11) is 0. The van der Waals surface area contributed by atoms with Gasteiger partial charge in [-0.2, -0.15) is 5.26 Å². The molecule has 1 aromatic heterocycles. The predicted octanol–water partition coefficient (Wildman–Crippen LogP) is 2.72. The maximum atomic E-state index is 13.5. The molecule has 0 radical (unpaired) electrons. The third-order valence-corrected chi connectivity index (χ3v) is 4.59. The van der Waals surface area contributed by atoms with E-state index in [0.29, 0.717) is 11.8 Å². The van der Waals surface area contributed by atoms with Gasteiger partial charge in [0.2, 0.25) is 5.91 Å². The quantitative estimate of drug-likeness (QED) is 0.680. The Hall–Kier alpha value is -2.95. The number of nitro groups is 1. The van der Waals surface area contributed by atoms with Crippen LogP contribution in [0.4, 0.5) is 10.1 Å². The number of nitro benzene ring substituents is 1. The third-order valence-electron chi connectivity index (χ3n) is 4.59. The lowest BCUT2D eigenvalue weighted by Crippen LogP contribution is -2.39. The van der Waals surface area contributed by atoms with Gasteiger partial charge in [-0.25, -0.2) is 4.39 Å². The summed E-state index contributed by atoms with van der Waals surface area (Å²) in [6, 6.07) is 5.77. The van der Waals surface area contributed by atoms with Crippen LogP contribution in [0.15, 0.2) is 24.4 Å². The van der Waals surface area contributed by atoms with E-state index < -0.39 is 23.1 Å². The van der Waals surface area contributed by atoms with Gasteiger partial charge in [-0.05, 0) is 18.1 Å². The van der Waals surface area contributed by atoms with Crippen molar-refractivity contribution in [2.45, 2.75) is 32.0 Å². The summed E-state index contributed by atoms with van der Waals surface area (Å²) in [5, 5.41) is 20.7. The number of alkyl halides is 1. The number of likely N-dealkylation sites (tertiary alicyclic amines) is 1. The molecule has 25 heavy (non-hydrogen) atoms. The molecule has 0 spiro atoms. The van der Waals surface area contributed by atoms with Crippen molar-refractivity contribution in [3.63, 3.8) is 0 Å². The topological polar surface area (TPSA) is 103 Å². The number of amides is 1. The van der Waals surface area contributed by atoms with Gasteiger partial charge in [0.05, 0.1) is 17.5 Å². The van der Waals surface area contributed by atoms with E-state index in [1.165, 1.54) is 17.0 Å². The molecule has 0 aliphatic carbocycles. The standard InChI is InChI=1S/C17H17FN4O3/c1-10(17(23)21-9-12(18)5-14(21)7-19)4-11-8-20-16-3-2-13(22(24)25)6-15(11)16/h2-3,6,8,10,12,14,20H,4-5,9H2,1H3/t10-,12-,14-/m0/s1. The monoisotopic (exact) mass is 344 g/mol. The number of fused-ring (bicyclic) bond motifs is 1. The average molecular weight is 344 g/mol. The minimum atomic E-state index is -1.17. The number of hydrogen-bond donors (Lipinski definition) is 1. The van der Waals surface area contributed by atoms with Crippen LogP contribution in [0.2, 0.25) is 0 Å². The normalized spacial score (nSPS) is 21.2. The van der Waals surface area contributed by atoms with Crippen LogP contribution in [0, 0.1) is 27.4 Å². The van der Waals surface area contributed by atoms with Gasteiger partial charge in [0.15, 0.2) is 0 Å². The number of carbonyl (C=O) groups excluding carboxylic acids is 1. The van der Waals surface area contributed by atoms with Crippen LogP contribution in [-0.2, 0) is 11.2 Å². The number of aromatic nitrogens is 1. The molecule has 8 heteroatoms. The van der Waals surface area contributed by atoms with Crippen LogP contribution in [0.25, 0.3) is 10.9 Å². The molecule has 3 rings (SSSR count). The summed E-state index contributed by atoms with van der Waals surface area (Å²) in [6.45, 7) is 1.67. The molecule has 1 aliphatic rings. The van der Waals surface area contributed by atoms with E-state index >= 15 is 0 Å². The molecular formula is C17H17FN4O3. The van der Waals surface area contributed by atoms with Crippen molar-refractivity contribution in [3.05, 3.63) is 40.1 Å². The number of halogens is 1. The molecule has 0 saturated carbocycles. The lowest BCUT2D eigenvalue weighted by molar-refractivity contribution is -0.384. The van der Waals surface area contributed by atoms with Crippen molar-refractivity contribution in [2.24, 2.45) is 5.92 Å². The van der Waals surface area contributed by atoms with E-state index in [9.17, 15) is 19.3 Å². The molecule has 7 nitrogen and oxygen atoms in total. The number of carbonyl (C=O) groups is 1. The maximum Gasteiger partial charge on any atom is 0.270 e. The summed E-state index contributed by atoms with van der Waals surface area (Å²) < 4.78 is 13.5. The Balaban J connectivity index is 1.81. The van der Waals surface area contributed by atoms with Gasteiger partial charge in [-0.3, -0.25) is 14.9 Å². The lowest BCUT2D eigenvalue weighted by atomic mass is 9.99. The SMILES string of the molecule is C[C@@H](Cc1c[nH]c2ccc([N+](=O)[O-])cc12)C(=O)N1C[C@@H](F)C[C@H]1C#N. The second-order valence-electron chi connectivity index (χ2n) is 6.37. The van der Waals surface area contributed by atoms with Gasteiger partial charge in [-0.15, -0.1) is 0 Å². The summed E-state index contributed by atoms with van der Waals surface area (Å²) >= 11 is 0. The Kier molecular flexibility index (Phi) is 4.40. The molecule has 0 unspecified atom stereocenters. The van der Waals surface area contributed by atoms with Crippen molar-refractivity contribution in [2.75, 3.05) is 6.54 Å². The molecular weight excluding hydrogens is 327 g/mol. The van der Waals surface area contributed by atoms with E-state index in [2.05, 4.69) is 4.98 Å². The molecule has 130 valence electrons. The van der Waals surface area contributed by atoms with Gasteiger partial charge < -0.3 is 9.88 Å². The predicted molar refractivity (Wildman–Crippen MR) is 88.4 cm³/mol. The number of H-pyrrole nitrogens is 1. The summed E-state index contributed by atoms with van der Waals surface area (Å²) in [5.41, 5.74) is 1.51. The third kappa shape index (κ3) is 3.18. The van der Waals surface area contributed by atoms with Crippen molar-refractivity contribution in [1.29, 1.82) is 5.26 Å². The van der Waals surface area contributed by atoms with E-state index in [1.807, 2.05) is 6.07 Å². The highest BCUT2D eigenvalue weighted by molar-refractivity contribution is 5.86. The molecule has 1 N–H and O–H groups in total. The first-order valence-corrected chi connectivity index (χ1v) is 7.99. The Morgan fingerprint density at radius 1 is 1.60 bits per heavy atom. The minimum Gasteiger partial charge on any atom is -0.361 e. The lowest BCUT2D eigenvalue weighted by Gasteiger charge is -2.23. The molecule has 1 saturated heterocycles. The fourth-order valence-electron chi connectivity index (χ4n) is 3.30. The number of non-ortho nitro benzene ring substituents is 1. The van der Waals surface area contributed by atoms with Crippen molar-refractivity contribution in [1.82, 2.24) is 9.88 Å². The minimum absolute atomic E-state index is 0.0170. The van der Waals surface area contributed by atoms with Crippen LogP contribution in [-0.4, -0.2) is 39.5 Å². The zero-order valence-corrected chi connectivity index (χ0v) is 13.6. The zero-order chi connectivity index (χ0) is 18.1. The Labute approximate surface area is 143 Å². The zero-order valence-electron chi connectivity index (χ0n) is 13.6. The number of nitrogens with zero attached hydrogens (tertiary/aromatic N) is 3. The van der Waals surface area contributed by atoms with Gasteiger partial charge in [-0.1, -0.05) is 6.92 Å². The summed E-state index contributed by atoms with van der Waals surface area (Å²) in [4.78, 5) is 27.4. The first-order chi connectivity index (χ1) is 11.9. The molecule has 1 fully saturated rings. The number of rotatable bonds is 4. The average Bonchev–Trinajstić information content (AvgIpc) is 3.16. The van der Waals surface area contributed by atoms with E-state index in [1.54, 1.807) is 19.2 Å². The smallest absolute Gasteiger partial charge is 0.270 e. The molecule has 1 aliphatic heterocycles. The second kappa shape index (κ2) is 6.51. The second-order valence-corrected chi connectivity index (χ2v) is 6.37. The Morgan fingerprint density at radius 3 is 3.04 bits per heavy atom. The number of aromatic amines is 1. The van der Waals surface area contributed by atoms with E-state index in [0.717, 1.165) is 11.1 Å². The number of hydrogen-bond acceptors (Lipinski definition) is 4. The molecule has 0 bridgehead atoms. The maximum absolute atomic E-state index is 13.5. The number of benzene rings is 1. The molecule has 1 amide bonds. The van der Waals surface area contributed by atoms with Crippen LogP contribution in [0.5, 0.6) is 0 Å². The fraction of sp³-hybridized carbons (Fsp3) is 0.412. The molecule has 1 aromatic carbocycles. The Bertz CT molecular complexity index is 872. The van der Waals surface area contributed by atoms with Gasteiger partial charge in [0, 0.05) is 41.6 Å². The highest BCUT2D eigenvalue weighted by atomic mass is 19.1. The fourth-order valence-corrected chi connectivity index (χ4v) is 3.30. The van der Waals surface area contributed by atoms with E-state index in [4.69, 9.17) is 5.26 Å². The highest BCUT2D eigenvalue weighted by Crippen LogP contribution is 2.27. The highest BCUT2D eigenvalue weighted by Gasteiger charge is 2.37. The van der Waals surface area contributed by atoms with Crippen LogP contribution >= 0.6 is 0 Å². The van der Waals surface area contributed by atoms with Gasteiger partial charge in [0.25, 0.3) is 5.69 Å².